The van der Waals surface area contributed by atoms with E-state index in [9.17, 15) is 12.8 Å². The molecule has 0 bridgehead atoms. The Bertz CT molecular complexity index is 539. The van der Waals surface area contributed by atoms with Gasteiger partial charge in [-0.25, -0.2) is 12.8 Å². The van der Waals surface area contributed by atoms with Crippen molar-refractivity contribution in [3.63, 3.8) is 0 Å². The van der Waals surface area contributed by atoms with Crippen LogP contribution in [0.3, 0.4) is 0 Å². The first kappa shape index (κ1) is 14.7. The van der Waals surface area contributed by atoms with Gasteiger partial charge in [-0.1, -0.05) is 11.6 Å². The molecule has 0 radical (unpaired) electrons. The van der Waals surface area contributed by atoms with Crippen LogP contribution in [0.15, 0.2) is 29.2 Å². The number of benzene rings is 1. The van der Waals surface area contributed by atoms with Gasteiger partial charge in [0, 0.05) is 24.7 Å². The van der Waals surface area contributed by atoms with Gasteiger partial charge in [-0.05, 0) is 37.1 Å². The Morgan fingerprint density at radius 2 is 1.79 bits per heavy atom. The second-order valence-corrected chi connectivity index (χ2v) is 7.09. The number of halogens is 2. The van der Waals surface area contributed by atoms with Crippen molar-refractivity contribution in [2.75, 3.05) is 19.6 Å². The SMILES string of the molecule is NCC1(F)CCN(S(=O)(=O)c2ccc(Cl)cc2)CC1. The number of hydrogen-bond acceptors (Lipinski definition) is 3. The first-order valence-corrected chi connectivity index (χ1v) is 7.84. The molecule has 1 aromatic carbocycles. The third-order valence-corrected chi connectivity index (χ3v) is 5.60. The van der Waals surface area contributed by atoms with E-state index in [2.05, 4.69) is 0 Å². The zero-order valence-electron chi connectivity index (χ0n) is 10.4. The largest absolute Gasteiger partial charge is 0.328 e. The summed E-state index contributed by atoms with van der Waals surface area (Å²) >= 11 is 5.73. The summed E-state index contributed by atoms with van der Waals surface area (Å²) in [6.07, 6.45) is 0.270. The maximum atomic E-state index is 14.0. The molecule has 19 heavy (non-hydrogen) atoms. The first-order valence-electron chi connectivity index (χ1n) is 6.02. The van der Waals surface area contributed by atoms with E-state index in [0.717, 1.165) is 0 Å². The molecule has 2 N–H and O–H groups in total. The lowest BCUT2D eigenvalue weighted by Crippen LogP contribution is -2.47. The summed E-state index contributed by atoms with van der Waals surface area (Å²) in [6, 6.07) is 5.96. The smallest absolute Gasteiger partial charge is 0.243 e. The number of piperidine rings is 1. The van der Waals surface area contributed by atoms with Crippen molar-refractivity contribution >= 4 is 21.6 Å². The summed E-state index contributed by atoms with van der Waals surface area (Å²) in [7, 11) is -3.57. The van der Waals surface area contributed by atoms with E-state index in [0.29, 0.717) is 5.02 Å². The molecule has 0 unspecified atom stereocenters. The van der Waals surface area contributed by atoms with Crippen molar-refractivity contribution in [3.8, 4) is 0 Å². The Balaban J connectivity index is 2.16. The van der Waals surface area contributed by atoms with Crippen LogP contribution >= 0.6 is 11.6 Å². The Labute approximate surface area is 117 Å². The zero-order chi connectivity index (χ0) is 14.1. The maximum Gasteiger partial charge on any atom is 0.243 e. The van der Waals surface area contributed by atoms with Gasteiger partial charge in [-0.3, -0.25) is 0 Å². The highest BCUT2D eigenvalue weighted by molar-refractivity contribution is 7.89. The summed E-state index contributed by atoms with van der Waals surface area (Å²) in [4.78, 5) is 0.177. The van der Waals surface area contributed by atoms with E-state index in [4.69, 9.17) is 17.3 Å². The van der Waals surface area contributed by atoms with Gasteiger partial charge in [0.25, 0.3) is 0 Å². The lowest BCUT2D eigenvalue weighted by molar-refractivity contribution is 0.0973. The van der Waals surface area contributed by atoms with Crippen molar-refractivity contribution in [2.24, 2.45) is 5.73 Å². The molecule has 2 rings (SSSR count). The average molecular weight is 307 g/mol. The normalized spacial score (nSPS) is 20.4. The zero-order valence-corrected chi connectivity index (χ0v) is 11.9. The Hall–Kier alpha value is -0.690. The summed E-state index contributed by atoms with van der Waals surface area (Å²) < 4.78 is 39.9. The van der Waals surface area contributed by atoms with Crippen molar-refractivity contribution in [1.82, 2.24) is 4.31 Å². The minimum Gasteiger partial charge on any atom is -0.328 e. The van der Waals surface area contributed by atoms with Crippen LogP contribution < -0.4 is 5.73 Å². The van der Waals surface area contributed by atoms with Crippen LogP contribution in [0.1, 0.15) is 12.8 Å². The molecular formula is C12H16ClFN2O2S. The molecule has 1 fully saturated rings. The summed E-state index contributed by atoms with van der Waals surface area (Å²) in [5, 5.41) is 0.475. The number of nitrogens with zero attached hydrogens (tertiary/aromatic N) is 1. The summed E-state index contributed by atoms with van der Waals surface area (Å²) in [5.74, 6) is 0. The van der Waals surface area contributed by atoms with Crippen LogP contribution in [0, 0.1) is 0 Å². The highest BCUT2D eigenvalue weighted by Crippen LogP contribution is 2.29. The second kappa shape index (κ2) is 5.36. The van der Waals surface area contributed by atoms with E-state index < -0.39 is 15.7 Å². The number of hydrogen-bond donors (Lipinski definition) is 1. The van der Waals surface area contributed by atoms with E-state index in [1.165, 1.54) is 28.6 Å². The van der Waals surface area contributed by atoms with Crippen LogP contribution in [0.4, 0.5) is 4.39 Å². The molecule has 0 saturated carbocycles. The number of nitrogens with two attached hydrogens (primary N) is 1. The monoisotopic (exact) mass is 306 g/mol. The van der Waals surface area contributed by atoms with Crippen LogP contribution in [-0.2, 0) is 10.0 Å². The molecule has 1 heterocycles. The van der Waals surface area contributed by atoms with Crippen LogP contribution in [0.5, 0.6) is 0 Å². The number of alkyl halides is 1. The molecular weight excluding hydrogens is 291 g/mol. The molecule has 0 aromatic heterocycles. The fourth-order valence-corrected chi connectivity index (χ4v) is 3.65. The van der Waals surface area contributed by atoms with Gasteiger partial charge in [0.1, 0.15) is 5.67 Å². The Morgan fingerprint density at radius 1 is 1.26 bits per heavy atom. The molecule has 0 aliphatic carbocycles. The van der Waals surface area contributed by atoms with Crippen molar-refractivity contribution in [3.05, 3.63) is 29.3 Å². The van der Waals surface area contributed by atoms with Gasteiger partial charge >= 0.3 is 0 Å². The van der Waals surface area contributed by atoms with Gasteiger partial charge in [-0.2, -0.15) is 4.31 Å². The van der Waals surface area contributed by atoms with E-state index in [1.807, 2.05) is 0 Å². The van der Waals surface area contributed by atoms with Gasteiger partial charge in [-0.15, -0.1) is 0 Å². The summed E-state index contributed by atoms with van der Waals surface area (Å²) in [5.41, 5.74) is 3.92. The molecule has 106 valence electrons. The minimum atomic E-state index is -3.57. The summed E-state index contributed by atoms with van der Waals surface area (Å²) in [6.45, 7) is 0.235. The Kier molecular flexibility index (Phi) is 4.15. The molecule has 0 amide bonds. The Morgan fingerprint density at radius 3 is 2.26 bits per heavy atom. The quantitative estimate of drug-likeness (QED) is 0.926. The molecule has 4 nitrogen and oxygen atoms in total. The van der Waals surface area contributed by atoms with Crippen LogP contribution in [0.2, 0.25) is 5.02 Å². The maximum absolute atomic E-state index is 14.0. The lowest BCUT2D eigenvalue weighted by atomic mass is 9.95. The molecule has 7 heteroatoms. The topological polar surface area (TPSA) is 63.4 Å². The fourth-order valence-electron chi connectivity index (χ4n) is 2.09. The second-order valence-electron chi connectivity index (χ2n) is 4.71. The number of rotatable bonds is 3. The fraction of sp³-hybridized carbons (Fsp3) is 0.500. The minimum absolute atomic E-state index is 0.0676. The predicted molar refractivity (Wildman–Crippen MR) is 72.3 cm³/mol. The highest BCUT2D eigenvalue weighted by Gasteiger charge is 2.37. The van der Waals surface area contributed by atoms with Crippen LogP contribution in [-0.4, -0.2) is 38.0 Å². The average Bonchev–Trinajstić information content (AvgIpc) is 2.40. The van der Waals surface area contributed by atoms with Crippen LogP contribution in [0.25, 0.3) is 0 Å². The van der Waals surface area contributed by atoms with Crippen molar-refractivity contribution in [1.29, 1.82) is 0 Å². The van der Waals surface area contributed by atoms with E-state index in [-0.39, 0.29) is 37.4 Å². The predicted octanol–water partition coefficient (Wildman–Crippen LogP) is 1.79. The van der Waals surface area contributed by atoms with Crippen molar-refractivity contribution < 1.29 is 12.8 Å². The van der Waals surface area contributed by atoms with E-state index >= 15 is 0 Å². The van der Waals surface area contributed by atoms with Gasteiger partial charge in [0.15, 0.2) is 0 Å². The third kappa shape index (κ3) is 3.08. The molecule has 1 aromatic rings. The highest BCUT2D eigenvalue weighted by atomic mass is 35.5. The molecule has 1 saturated heterocycles. The molecule has 0 atom stereocenters. The van der Waals surface area contributed by atoms with Gasteiger partial charge < -0.3 is 5.73 Å². The third-order valence-electron chi connectivity index (χ3n) is 3.44. The standard InChI is InChI=1S/C12H16ClFN2O2S/c13-10-1-3-11(4-2-10)19(17,18)16-7-5-12(14,9-15)6-8-16/h1-4H,5-9,15H2. The van der Waals surface area contributed by atoms with Gasteiger partial charge in [0.2, 0.25) is 10.0 Å². The first-order chi connectivity index (χ1) is 8.87. The number of sulfonamides is 1. The van der Waals surface area contributed by atoms with Gasteiger partial charge in [0.05, 0.1) is 4.90 Å². The molecule has 1 aliphatic rings. The lowest BCUT2D eigenvalue weighted by Gasteiger charge is -2.34. The van der Waals surface area contributed by atoms with E-state index in [1.54, 1.807) is 0 Å². The molecule has 0 spiro atoms. The molecule has 1 aliphatic heterocycles. The van der Waals surface area contributed by atoms with Crippen molar-refractivity contribution in [2.45, 2.75) is 23.4 Å².